The number of carboxylic acid groups (broad SMARTS) is 1. The third-order valence-corrected chi connectivity index (χ3v) is 3.59. The molecular formula is C19H19NO2. The van der Waals surface area contributed by atoms with Crippen LogP contribution in [0.3, 0.4) is 0 Å². The molecular weight excluding hydrogens is 274 g/mol. The highest BCUT2D eigenvalue weighted by molar-refractivity contribution is 6.17. The molecule has 112 valence electrons. The van der Waals surface area contributed by atoms with Gasteiger partial charge in [0.1, 0.15) is 0 Å². The van der Waals surface area contributed by atoms with E-state index in [-0.39, 0.29) is 5.57 Å². The van der Waals surface area contributed by atoms with Gasteiger partial charge in [0.15, 0.2) is 0 Å². The topological polar surface area (TPSA) is 49.7 Å². The summed E-state index contributed by atoms with van der Waals surface area (Å²) >= 11 is 0. The van der Waals surface area contributed by atoms with Crippen molar-refractivity contribution in [2.45, 2.75) is 20.8 Å². The van der Waals surface area contributed by atoms with Crippen molar-refractivity contribution in [2.75, 3.05) is 0 Å². The van der Waals surface area contributed by atoms with Crippen LogP contribution in [-0.2, 0) is 4.79 Å². The summed E-state index contributed by atoms with van der Waals surface area (Å²) in [4.78, 5) is 15.8. The van der Waals surface area contributed by atoms with E-state index in [2.05, 4.69) is 11.6 Å². The second kappa shape index (κ2) is 6.39. The highest BCUT2D eigenvalue weighted by Crippen LogP contribution is 2.23. The summed E-state index contributed by atoms with van der Waals surface area (Å²) in [5.74, 6) is -0.943. The van der Waals surface area contributed by atoms with Crippen molar-refractivity contribution in [3.05, 3.63) is 76.9 Å². The van der Waals surface area contributed by atoms with E-state index < -0.39 is 5.97 Å². The van der Waals surface area contributed by atoms with Crippen LogP contribution in [0.5, 0.6) is 0 Å². The van der Waals surface area contributed by atoms with Gasteiger partial charge in [-0.1, -0.05) is 43.0 Å². The molecule has 0 aliphatic heterocycles. The molecule has 22 heavy (non-hydrogen) atoms. The van der Waals surface area contributed by atoms with Crippen molar-refractivity contribution in [3.8, 4) is 0 Å². The Hall–Kier alpha value is -2.68. The van der Waals surface area contributed by atoms with Gasteiger partial charge in [0.25, 0.3) is 0 Å². The number of nitrogens with zero attached hydrogens (tertiary/aromatic N) is 1. The zero-order chi connectivity index (χ0) is 16.3. The zero-order valence-corrected chi connectivity index (χ0v) is 13.1. The summed E-state index contributed by atoms with van der Waals surface area (Å²) in [6.07, 6.45) is 5.56. The molecule has 1 aromatic rings. The maximum atomic E-state index is 11.2. The first-order valence-electron chi connectivity index (χ1n) is 7.04. The number of aryl methyl sites for hydroxylation is 1. The summed E-state index contributed by atoms with van der Waals surface area (Å²) in [5, 5.41) is 9.22. The van der Waals surface area contributed by atoms with Gasteiger partial charge in [-0.25, -0.2) is 9.79 Å². The first-order valence-corrected chi connectivity index (χ1v) is 7.04. The molecule has 0 radical (unpaired) electrons. The third kappa shape index (κ3) is 3.31. The van der Waals surface area contributed by atoms with Crippen molar-refractivity contribution in [1.29, 1.82) is 0 Å². The minimum absolute atomic E-state index is 0.274. The zero-order valence-electron chi connectivity index (χ0n) is 13.1. The van der Waals surface area contributed by atoms with Crippen LogP contribution in [0.1, 0.15) is 25.0 Å². The molecule has 0 saturated carbocycles. The van der Waals surface area contributed by atoms with Gasteiger partial charge in [0, 0.05) is 16.7 Å². The maximum absolute atomic E-state index is 11.2. The van der Waals surface area contributed by atoms with E-state index in [0.29, 0.717) is 17.0 Å². The van der Waals surface area contributed by atoms with Gasteiger partial charge in [0.05, 0.1) is 11.4 Å². The fraction of sp³-hybridized carbons (Fsp3) is 0.158. The van der Waals surface area contributed by atoms with Crippen molar-refractivity contribution >= 4 is 17.4 Å². The molecule has 0 atom stereocenters. The van der Waals surface area contributed by atoms with Crippen LogP contribution in [0.4, 0.5) is 0 Å². The summed E-state index contributed by atoms with van der Waals surface area (Å²) in [6, 6.07) is 7.87. The van der Waals surface area contributed by atoms with Crippen LogP contribution >= 0.6 is 0 Å². The van der Waals surface area contributed by atoms with Gasteiger partial charge in [-0.05, 0) is 38.0 Å². The predicted molar refractivity (Wildman–Crippen MR) is 90.9 cm³/mol. The normalized spacial score (nSPS) is 18.1. The summed E-state index contributed by atoms with van der Waals surface area (Å²) in [5.41, 5.74) is 5.23. The lowest BCUT2D eigenvalue weighted by atomic mass is 9.96. The van der Waals surface area contributed by atoms with Crippen LogP contribution in [0.25, 0.3) is 5.70 Å². The Bertz CT molecular complexity index is 761. The molecule has 0 fully saturated rings. The predicted octanol–water partition coefficient (Wildman–Crippen LogP) is 4.32. The first-order chi connectivity index (χ1) is 10.4. The SMILES string of the molecule is C=C(N=C1C=C(C)C=C/C1=C(/C)C(=O)O)c1ccccc1C. The molecule has 1 aromatic carbocycles. The largest absolute Gasteiger partial charge is 0.478 e. The van der Waals surface area contributed by atoms with E-state index in [0.717, 1.165) is 16.7 Å². The maximum Gasteiger partial charge on any atom is 0.331 e. The second-order valence-electron chi connectivity index (χ2n) is 5.32. The third-order valence-electron chi connectivity index (χ3n) is 3.59. The lowest BCUT2D eigenvalue weighted by molar-refractivity contribution is -0.132. The molecule has 0 bridgehead atoms. The average molecular weight is 293 g/mol. The van der Waals surface area contributed by atoms with E-state index >= 15 is 0 Å². The Kier molecular flexibility index (Phi) is 4.56. The molecule has 3 heteroatoms. The van der Waals surface area contributed by atoms with Crippen LogP contribution in [0.15, 0.2) is 70.8 Å². The van der Waals surface area contributed by atoms with Crippen molar-refractivity contribution in [3.63, 3.8) is 0 Å². The summed E-state index contributed by atoms with van der Waals surface area (Å²) < 4.78 is 0. The molecule has 1 aliphatic carbocycles. The van der Waals surface area contributed by atoms with Crippen LogP contribution in [-0.4, -0.2) is 16.8 Å². The van der Waals surface area contributed by atoms with Gasteiger partial charge in [-0.3, -0.25) is 0 Å². The summed E-state index contributed by atoms with van der Waals surface area (Å²) in [6.45, 7) is 9.57. The number of hydrogen-bond acceptors (Lipinski definition) is 2. The number of aliphatic carboxylic acids is 1. The van der Waals surface area contributed by atoms with Crippen LogP contribution < -0.4 is 0 Å². The minimum atomic E-state index is -0.943. The van der Waals surface area contributed by atoms with E-state index in [1.54, 1.807) is 13.0 Å². The Morgan fingerprint density at radius 2 is 1.86 bits per heavy atom. The van der Waals surface area contributed by atoms with Crippen molar-refractivity contribution in [2.24, 2.45) is 4.99 Å². The van der Waals surface area contributed by atoms with Crippen LogP contribution in [0.2, 0.25) is 0 Å². The minimum Gasteiger partial charge on any atom is -0.478 e. The highest BCUT2D eigenvalue weighted by atomic mass is 16.4. The Balaban J connectivity index is 2.50. The molecule has 3 nitrogen and oxygen atoms in total. The second-order valence-corrected chi connectivity index (χ2v) is 5.32. The molecule has 1 N–H and O–H groups in total. The molecule has 0 aromatic heterocycles. The van der Waals surface area contributed by atoms with Crippen LogP contribution in [0, 0.1) is 6.92 Å². The monoisotopic (exact) mass is 293 g/mol. The number of aliphatic imine (C=N–C) groups is 1. The number of carbonyl (C=O) groups is 1. The quantitative estimate of drug-likeness (QED) is 0.843. The first kappa shape index (κ1) is 15.7. The number of carboxylic acids is 1. The standard InChI is InChI=1S/C19H19NO2/c1-12-9-10-17(14(3)19(21)22)18(11-12)20-15(4)16-8-6-5-7-13(16)2/h5-11H,4H2,1-3H3,(H,21,22)/b17-14+,20-18?. The average Bonchev–Trinajstić information content (AvgIpc) is 2.47. The molecule has 1 aliphatic rings. The lowest BCUT2D eigenvalue weighted by Gasteiger charge is -2.13. The molecule has 0 saturated heterocycles. The lowest BCUT2D eigenvalue weighted by Crippen LogP contribution is -2.10. The number of rotatable bonds is 3. The Morgan fingerprint density at radius 1 is 1.18 bits per heavy atom. The van der Waals surface area contributed by atoms with E-state index in [9.17, 15) is 9.90 Å². The van der Waals surface area contributed by atoms with Gasteiger partial charge in [-0.2, -0.15) is 0 Å². The van der Waals surface area contributed by atoms with Gasteiger partial charge < -0.3 is 5.11 Å². The van der Waals surface area contributed by atoms with Gasteiger partial charge in [0.2, 0.25) is 0 Å². The van der Waals surface area contributed by atoms with E-state index in [1.807, 2.05) is 50.3 Å². The fourth-order valence-electron chi connectivity index (χ4n) is 2.27. The van der Waals surface area contributed by atoms with E-state index in [1.165, 1.54) is 0 Å². The van der Waals surface area contributed by atoms with Crippen molar-refractivity contribution < 1.29 is 9.90 Å². The van der Waals surface area contributed by atoms with Crippen molar-refractivity contribution in [1.82, 2.24) is 0 Å². The smallest absolute Gasteiger partial charge is 0.331 e. The Morgan fingerprint density at radius 3 is 2.50 bits per heavy atom. The number of allylic oxidation sites excluding steroid dienone is 5. The fourth-order valence-corrected chi connectivity index (χ4v) is 2.27. The number of hydrogen-bond donors (Lipinski definition) is 1. The van der Waals surface area contributed by atoms with E-state index in [4.69, 9.17) is 0 Å². The summed E-state index contributed by atoms with van der Waals surface area (Å²) in [7, 11) is 0. The molecule has 2 rings (SSSR count). The van der Waals surface area contributed by atoms with Gasteiger partial charge in [-0.15, -0.1) is 0 Å². The highest BCUT2D eigenvalue weighted by Gasteiger charge is 2.15. The van der Waals surface area contributed by atoms with Gasteiger partial charge >= 0.3 is 5.97 Å². The molecule has 0 unspecified atom stereocenters. The molecule has 0 spiro atoms. The number of benzene rings is 1. The molecule has 0 amide bonds. The Labute approximate surface area is 130 Å². The molecule has 0 heterocycles.